The molecule has 2 aromatic rings. The molecule has 2 fully saturated rings. The SMILES string of the molecule is O=C(NCC1(c2ccc(Cl)cc2)CC1)C1CC(=O)N(c2ccc3c(c2)OCCO3)C1. The lowest BCUT2D eigenvalue weighted by Gasteiger charge is -2.22. The lowest BCUT2D eigenvalue weighted by molar-refractivity contribution is -0.126. The van der Waals surface area contributed by atoms with Crippen LogP contribution in [0.5, 0.6) is 11.5 Å². The normalized spacial score (nSPS) is 21.4. The van der Waals surface area contributed by atoms with Crippen molar-refractivity contribution in [2.45, 2.75) is 24.7 Å². The maximum atomic E-state index is 12.8. The third-order valence-corrected chi connectivity index (χ3v) is 6.50. The number of fused-ring (bicyclic) bond motifs is 1. The van der Waals surface area contributed by atoms with Gasteiger partial charge in [-0.1, -0.05) is 23.7 Å². The Hall–Kier alpha value is -2.73. The molecular formula is C23H23ClN2O4. The molecule has 3 aliphatic rings. The summed E-state index contributed by atoms with van der Waals surface area (Å²) in [4.78, 5) is 27.1. The number of amides is 2. The van der Waals surface area contributed by atoms with Gasteiger partial charge in [-0.05, 0) is 42.7 Å². The summed E-state index contributed by atoms with van der Waals surface area (Å²) < 4.78 is 11.2. The van der Waals surface area contributed by atoms with Crippen LogP contribution in [-0.4, -0.2) is 38.1 Å². The van der Waals surface area contributed by atoms with E-state index < -0.39 is 0 Å². The molecule has 2 amide bonds. The van der Waals surface area contributed by atoms with E-state index in [0.717, 1.165) is 18.5 Å². The molecule has 6 nitrogen and oxygen atoms in total. The first-order valence-corrected chi connectivity index (χ1v) is 10.7. The zero-order valence-corrected chi connectivity index (χ0v) is 17.3. The molecule has 1 N–H and O–H groups in total. The first-order chi connectivity index (χ1) is 14.5. The van der Waals surface area contributed by atoms with E-state index in [9.17, 15) is 9.59 Å². The first-order valence-electron chi connectivity index (χ1n) is 10.3. The number of hydrogen-bond acceptors (Lipinski definition) is 4. The molecule has 5 rings (SSSR count). The lowest BCUT2D eigenvalue weighted by atomic mass is 9.95. The van der Waals surface area contributed by atoms with Crippen molar-refractivity contribution in [3.05, 3.63) is 53.1 Å². The number of halogens is 1. The van der Waals surface area contributed by atoms with Crippen molar-refractivity contribution in [2.75, 3.05) is 31.2 Å². The highest BCUT2D eigenvalue weighted by molar-refractivity contribution is 6.30. The van der Waals surface area contributed by atoms with E-state index in [1.54, 1.807) is 4.90 Å². The van der Waals surface area contributed by atoms with Crippen molar-refractivity contribution in [3.8, 4) is 11.5 Å². The van der Waals surface area contributed by atoms with E-state index in [0.29, 0.717) is 42.8 Å². The van der Waals surface area contributed by atoms with Gasteiger partial charge in [-0.3, -0.25) is 9.59 Å². The van der Waals surface area contributed by atoms with Gasteiger partial charge < -0.3 is 19.7 Å². The third kappa shape index (κ3) is 3.60. The molecule has 1 saturated carbocycles. The summed E-state index contributed by atoms with van der Waals surface area (Å²) in [6, 6.07) is 13.3. The van der Waals surface area contributed by atoms with Crippen LogP contribution >= 0.6 is 11.6 Å². The van der Waals surface area contributed by atoms with Crippen molar-refractivity contribution >= 4 is 29.1 Å². The number of nitrogens with zero attached hydrogens (tertiary/aromatic N) is 1. The van der Waals surface area contributed by atoms with Crippen LogP contribution in [0.3, 0.4) is 0 Å². The van der Waals surface area contributed by atoms with Gasteiger partial charge in [-0.2, -0.15) is 0 Å². The molecule has 0 aromatic heterocycles. The van der Waals surface area contributed by atoms with Crippen LogP contribution in [0.25, 0.3) is 0 Å². The number of hydrogen-bond donors (Lipinski definition) is 1. The van der Waals surface area contributed by atoms with Crippen LogP contribution in [0.15, 0.2) is 42.5 Å². The van der Waals surface area contributed by atoms with Gasteiger partial charge in [0.25, 0.3) is 0 Å². The topological polar surface area (TPSA) is 67.9 Å². The van der Waals surface area contributed by atoms with E-state index in [-0.39, 0.29) is 29.6 Å². The van der Waals surface area contributed by atoms with Gasteiger partial charge in [0, 0.05) is 41.7 Å². The average Bonchev–Trinajstić information content (AvgIpc) is 3.46. The largest absolute Gasteiger partial charge is 0.486 e. The average molecular weight is 427 g/mol. The Morgan fingerprint density at radius 1 is 1.10 bits per heavy atom. The minimum atomic E-state index is -0.355. The summed E-state index contributed by atoms with van der Waals surface area (Å²) in [5.74, 6) is 0.849. The van der Waals surface area contributed by atoms with Gasteiger partial charge in [0.1, 0.15) is 13.2 Å². The van der Waals surface area contributed by atoms with E-state index in [4.69, 9.17) is 21.1 Å². The van der Waals surface area contributed by atoms with Crippen LogP contribution in [0.4, 0.5) is 5.69 Å². The zero-order chi connectivity index (χ0) is 20.7. The number of carbonyl (C=O) groups is 2. The highest BCUT2D eigenvalue weighted by Crippen LogP contribution is 2.48. The Labute approximate surface area is 180 Å². The zero-order valence-electron chi connectivity index (χ0n) is 16.5. The predicted molar refractivity (Wildman–Crippen MR) is 113 cm³/mol. The van der Waals surface area contributed by atoms with Gasteiger partial charge in [0.2, 0.25) is 11.8 Å². The van der Waals surface area contributed by atoms with E-state index in [2.05, 4.69) is 5.32 Å². The number of anilines is 1. The number of nitrogens with one attached hydrogen (secondary N) is 1. The van der Waals surface area contributed by atoms with Gasteiger partial charge in [0.15, 0.2) is 11.5 Å². The molecule has 1 saturated heterocycles. The first kappa shape index (κ1) is 19.2. The second kappa shape index (κ2) is 7.51. The van der Waals surface area contributed by atoms with Crippen molar-refractivity contribution in [1.82, 2.24) is 5.32 Å². The van der Waals surface area contributed by atoms with Gasteiger partial charge in [-0.25, -0.2) is 0 Å². The smallest absolute Gasteiger partial charge is 0.227 e. The minimum Gasteiger partial charge on any atom is -0.486 e. The van der Waals surface area contributed by atoms with E-state index >= 15 is 0 Å². The Morgan fingerprint density at radius 2 is 1.83 bits per heavy atom. The van der Waals surface area contributed by atoms with Crippen LogP contribution in [0.1, 0.15) is 24.8 Å². The van der Waals surface area contributed by atoms with Gasteiger partial charge >= 0.3 is 0 Å². The second-order valence-corrected chi connectivity index (χ2v) is 8.67. The molecule has 2 aliphatic heterocycles. The monoisotopic (exact) mass is 426 g/mol. The minimum absolute atomic E-state index is 0.00161. The van der Waals surface area contributed by atoms with Crippen LogP contribution in [0.2, 0.25) is 5.02 Å². The van der Waals surface area contributed by atoms with Crippen molar-refractivity contribution in [3.63, 3.8) is 0 Å². The van der Waals surface area contributed by atoms with Crippen LogP contribution < -0.4 is 19.7 Å². The highest BCUT2D eigenvalue weighted by atomic mass is 35.5. The van der Waals surface area contributed by atoms with Crippen LogP contribution in [0, 0.1) is 5.92 Å². The summed E-state index contributed by atoms with van der Waals surface area (Å²) in [6.07, 6.45) is 2.30. The Balaban J connectivity index is 1.22. The number of rotatable bonds is 5. The highest BCUT2D eigenvalue weighted by Gasteiger charge is 2.45. The van der Waals surface area contributed by atoms with Crippen molar-refractivity contribution < 1.29 is 19.1 Å². The number of ether oxygens (including phenoxy) is 2. The molecular weight excluding hydrogens is 404 g/mol. The molecule has 0 spiro atoms. The summed E-state index contributed by atoms with van der Waals surface area (Å²) in [5, 5.41) is 3.80. The lowest BCUT2D eigenvalue weighted by Crippen LogP contribution is -2.37. The molecule has 2 aromatic carbocycles. The Morgan fingerprint density at radius 3 is 2.57 bits per heavy atom. The molecule has 1 aliphatic carbocycles. The number of carbonyl (C=O) groups excluding carboxylic acids is 2. The Bertz CT molecular complexity index is 987. The predicted octanol–water partition coefficient (Wildman–Crippen LogP) is 3.31. The molecule has 156 valence electrons. The number of benzene rings is 2. The fraction of sp³-hybridized carbons (Fsp3) is 0.391. The molecule has 7 heteroatoms. The second-order valence-electron chi connectivity index (χ2n) is 8.24. The van der Waals surface area contributed by atoms with E-state index in [1.807, 2.05) is 42.5 Å². The van der Waals surface area contributed by atoms with Crippen LogP contribution in [-0.2, 0) is 15.0 Å². The fourth-order valence-electron chi connectivity index (χ4n) is 4.26. The maximum Gasteiger partial charge on any atom is 0.227 e. The molecule has 30 heavy (non-hydrogen) atoms. The quantitative estimate of drug-likeness (QED) is 0.796. The molecule has 0 radical (unpaired) electrons. The van der Waals surface area contributed by atoms with Crippen molar-refractivity contribution in [2.24, 2.45) is 5.92 Å². The molecule has 1 unspecified atom stereocenters. The summed E-state index contributed by atoms with van der Waals surface area (Å²) in [6.45, 7) is 1.97. The van der Waals surface area contributed by atoms with E-state index in [1.165, 1.54) is 5.56 Å². The fourth-order valence-corrected chi connectivity index (χ4v) is 4.38. The summed E-state index contributed by atoms with van der Waals surface area (Å²) in [7, 11) is 0. The molecule has 2 heterocycles. The molecule has 1 atom stereocenters. The van der Waals surface area contributed by atoms with Gasteiger partial charge in [-0.15, -0.1) is 0 Å². The summed E-state index contributed by atoms with van der Waals surface area (Å²) in [5.41, 5.74) is 1.94. The maximum absolute atomic E-state index is 12.8. The molecule has 0 bridgehead atoms. The summed E-state index contributed by atoms with van der Waals surface area (Å²) >= 11 is 5.99. The van der Waals surface area contributed by atoms with Gasteiger partial charge in [0.05, 0.1) is 5.92 Å². The Kier molecular flexibility index (Phi) is 4.82. The van der Waals surface area contributed by atoms with Crippen molar-refractivity contribution in [1.29, 1.82) is 0 Å². The standard InChI is InChI=1S/C23H23ClN2O4/c24-17-3-1-16(2-4-17)23(7-8-23)14-25-22(28)15-11-21(27)26(13-15)18-5-6-19-20(12-18)30-10-9-29-19/h1-6,12,15H,7-11,13-14H2,(H,25,28). The third-order valence-electron chi connectivity index (χ3n) is 6.24.